The van der Waals surface area contributed by atoms with Crippen molar-refractivity contribution in [3.63, 3.8) is 0 Å². The van der Waals surface area contributed by atoms with Crippen molar-refractivity contribution in [2.24, 2.45) is 0 Å². The van der Waals surface area contributed by atoms with Crippen LogP contribution in [0.5, 0.6) is 0 Å². The highest BCUT2D eigenvalue weighted by atomic mass is 32.1. The number of allylic oxidation sites excluding steroid dienone is 2. The fraction of sp³-hybridized carbons (Fsp3) is 0.0196. The molecule has 0 bridgehead atoms. The van der Waals surface area contributed by atoms with Crippen molar-refractivity contribution in [2.75, 3.05) is 0 Å². The summed E-state index contributed by atoms with van der Waals surface area (Å²) in [6.45, 7) is 6.30. The lowest BCUT2D eigenvalue weighted by atomic mass is 9.83. The lowest BCUT2D eigenvalue weighted by Gasteiger charge is -2.20. The Hall–Kier alpha value is -6.06. The van der Waals surface area contributed by atoms with Gasteiger partial charge in [0.25, 0.3) is 0 Å². The Morgan fingerprint density at radius 2 is 1.09 bits per heavy atom. The van der Waals surface area contributed by atoms with Crippen LogP contribution in [0.2, 0.25) is 0 Å². The predicted octanol–water partition coefficient (Wildman–Crippen LogP) is 15.8. The maximum Gasteiger partial charge on any atom is 0.0434 e. The van der Waals surface area contributed by atoms with Crippen molar-refractivity contribution in [2.45, 2.75) is 6.92 Å². The highest BCUT2D eigenvalue weighted by molar-refractivity contribution is 7.26. The van der Waals surface area contributed by atoms with Gasteiger partial charge in [0.05, 0.1) is 0 Å². The third-order valence-corrected chi connectivity index (χ3v) is 12.8. The zero-order chi connectivity index (χ0) is 35.5. The average molecular weight is 711 g/mol. The second-order valence-corrected chi connectivity index (χ2v) is 15.6. The summed E-state index contributed by atoms with van der Waals surface area (Å²) in [7, 11) is 0. The van der Waals surface area contributed by atoms with Crippen LogP contribution in [0.3, 0.4) is 0 Å². The van der Waals surface area contributed by atoms with E-state index < -0.39 is 0 Å². The van der Waals surface area contributed by atoms with E-state index in [9.17, 15) is 0 Å². The molecule has 0 unspecified atom stereocenters. The quantitative estimate of drug-likeness (QED) is 0.119. The van der Waals surface area contributed by atoms with Crippen molar-refractivity contribution in [3.05, 3.63) is 187 Å². The fourth-order valence-corrected chi connectivity index (χ4v) is 10.5. The Kier molecular flexibility index (Phi) is 7.68. The van der Waals surface area contributed by atoms with E-state index in [0.29, 0.717) is 0 Å². The third kappa shape index (κ3) is 5.02. The van der Waals surface area contributed by atoms with Crippen LogP contribution in [0.15, 0.2) is 176 Å². The monoisotopic (exact) mass is 710 g/mol. The Morgan fingerprint density at radius 3 is 1.74 bits per heavy atom. The molecule has 0 radical (unpaired) electrons. The number of fused-ring (bicyclic) bond motifs is 6. The van der Waals surface area contributed by atoms with Crippen LogP contribution in [0.1, 0.15) is 11.1 Å². The fourth-order valence-electron chi connectivity index (χ4n) is 8.50. The van der Waals surface area contributed by atoms with Crippen molar-refractivity contribution in [1.82, 2.24) is 0 Å². The van der Waals surface area contributed by atoms with Gasteiger partial charge in [-0.1, -0.05) is 158 Å². The molecule has 8 aromatic carbocycles. The Bertz CT molecular complexity index is 3010. The summed E-state index contributed by atoms with van der Waals surface area (Å²) in [6.07, 6.45) is 6.17. The van der Waals surface area contributed by atoms with E-state index in [0.717, 1.165) is 0 Å². The summed E-state index contributed by atoms with van der Waals surface area (Å²) >= 11 is 3.71. The molecule has 53 heavy (non-hydrogen) atoms. The predicted molar refractivity (Wildman–Crippen MR) is 235 cm³/mol. The second kappa shape index (κ2) is 12.9. The van der Waals surface area contributed by atoms with Gasteiger partial charge < -0.3 is 0 Å². The molecule has 2 heterocycles. The van der Waals surface area contributed by atoms with E-state index in [4.69, 9.17) is 0 Å². The molecular weight excluding hydrogens is 677 g/mol. The Labute approximate surface area is 317 Å². The molecule has 10 rings (SSSR count). The van der Waals surface area contributed by atoms with Crippen molar-refractivity contribution in [3.8, 4) is 43.8 Å². The molecule has 0 aliphatic rings. The normalized spacial score (nSPS) is 11.9. The van der Waals surface area contributed by atoms with E-state index in [-0.39, 0.29) is 0 Å². The molecule has 0 N–H and O–H groups in total. The summed E-state index contributed by atoms with van der Waals surface area (Å²) in [4.78, 5) is 1.30. The van der Waals surface area contributed by atoms with Gasteiger partial charge in [-0.3, -0.25) is 0 Å². The van der Waals surface area contributed by atoms with Crippen LogP contribution >= 0.6 is 22.7 Å². The largest absolute Gasteiger partial charge is 0.144 e. The molecule has 0 spiro atoms. The van der Waals surface area contributed by atoms with Gasteiger partial charge in [0.1, 0.15) is 0 Å². The SMILES string of the molecule is C=C/C=C\c1c(C)c(-c2cccc3c2sc2ccc(-c4c5ccccc5c(-c5cccs5)c5ccccc45)cc23)c2ccccc2c1-c1ccccc1. The summed E-state index contributed by atoms with van der Waals surface area (Å²) < 4.78 is 2.62. The Balaban J connectivity index is 1.24. The van der Waals surface area contributed by atoms with Crippen molar-refractivity contribution >= 4 is 81.2 Å². The van der Waals surface area contributed by atoms with Crippen LogP contribution in [0.25, 0.3) is 102 Å². The zero-order valence-electron chi connectivity index (χ0n) is 29.3. The number of hydrogen-bond donors (Lipinski definition) is 0. The van der Waals surface area contributed by atoms with Crippen LogP contribution in [-0.4, -0.2) is 0 Å². The van der Waals surface area contributed by atoms with E-state index >= 15 is 0 Å². The molecule has 0 fully saturated rings. The highest BCUT2D eigenvalue weighted by Crippen LogP contribution is 2.49. The van der Waals surface area contributed by atoms with E-state index in [2.05, 4.69) is 183 Å². The lowest BCUT2D eigenvalue weighted by molar-refractivity contribution is 1.46. The first-order valence-electron chi connectivity index (χ1n) is 18.0. The first-order chi connectivity index (χ1) is 26.2. The molecule has 250 valence electrons. The topological polar surface area (TPSA) is 0 Å². The molecule has 0 nitrogen and oxygen atoms in total. The molecule has 2 aromatic heterocycles. The van der Waals surface area contributed by atoms with E-state index in [1.54, 1.807) is 0 Å². The number of thiophene rings is 2. The van der Waals surface area contributed by atoms with Crippen LogP contribution in [-0.2, 0) is 0 Å². The van der Waals surface area contributed by atoms with Gasteiger partial charge in [-0.05, 0) is 102 Å². The number of rotatable bonds is 6. The van der Waals surface area contributed by atoms with Gasteiger partial charge in [-0.25, -0.2) is 0 Å². The number of benzene rings is 8. The summed E-state index contributed by atoms with van der Waals surface area (Å²) in [5.41, 5.74) is 11.4. The van der Waals surface area contributed by atoms with Gasteiger partial charge in [-0.2, -0.15) is 0 Å². The maximum atomic E-state index is 4.01. The molecule has 10 aromatic rings. The van der Waals surface area contributed by atoms with Gasteiger partial charge in [0.15, 0.2) is 0 Å². The van der Waals surface area contributed by atoms with Crippen LogP contribution < -0.4 is 0 Å². The molecular formula is C51H34S2. The lowest BCUT2D eigenvalue weighted by Crippen LogP contribution is -1.96. The first kappa shape index (κ1) is 31.7. The minimum atomic E-state index is 1.22. The highest BCUT2D eigenvalue weighted by Gasteiger charge is 2.22. The molecule has 0 atom stereocenters. The molecule has 0 aliphatic heterocycles. The summed E-state index contributed by atoms with van der Waals surface area (Å²) in [6, 6.07) is 56.0. The molecule has 0 aliphatic carbocycles. The maximum absolute atomic E-state index is 4.01. The van der Waals surface area contributed by atoms with Crippen LogP contribution in [0.4, 0.5) is 0 Å². The van der Waals surface area contributed by atoms with Gasteiger partial charge in [0.2, 0.25) is 0 Å². The number of hydrogen-bond acceptors (Lipinski definition) is 2. The second-order valence-electron chi connectivity index (χ2n) is 13.6. The van der Waals surface area contributed by atoms with Gasteiger partial charge >= 0.3 is 0 Å². The Morgan fingerprint density at radius 1 is 0.491 bits per heavy atom. The minimum Gasteiger partial charge on any atom is -0.144 e. The molecule has 2 heteroatoms. The molecule has 0 saturated heterocycles. The van der Waals surface area contributed by atoms with E-state index in [1.807, 2.05) is 28.7 Å². The van der Waals surface area contributed by atoms with Gasteiger partial charge in [0, 0.05) is 36.2 Å². The van der Waals surface area contributed by atoms with Gasteiger partial charge in [-0.15, -0.1) is 22.7 Å². The summed E-state index contributed by atoms with van der Waals surface area (Å²) in [5.74, 6) is 0. The van der Waals surface area contributed by atoms with Crippen molar-refractivity contribution < 1.29 is 0 Å². The molecule has 0 saturated carbocycles. The molecule has 0 amide bonds. The summed E-state index contributed by atoms with van der Waals surface area (Å²) in [5, 5.41) is 12.5. The minimum absolute atomic E-state index is 1.22. The zero-order valence-corrected chi connectivity index (χ0v) is 30.9. The third-order valence-electron chi connectivity index (χ3n) is 10.7. The van der Waals surface area contributed by atoms with E-state index in [1.165, 1.54) is 107 Å². The van der Waals surface area contributed by atoms with Crippen molar-refractivity contribution in [1.29, 1.82) is 0 Å². The first-order valence-corrected chi connectivity index (χ1v) is 19.7. The standard InChI is InChI=1S/C51H34S2/c1-3-4-18-35-32(2)47(36-19-8-9-20-37(36)48(35)33-16-6-5-7-17-33)43-26-14-25-42-44-31-34(28-29-45(44)53-51(42)43)49-38-21-10-12-23-40(38)50(46-27-15-30-52-46)41-24-13-11-22-39(41)49/h3-31H,1H2,2H3/b18-4-. The van der Waals surface area contributed by atoms with Crippen LogP contribution in [0, 0.1) is 6.92 Å². The average Bonchev–Trinajstić information content (AvgIpc) is 3.88. The smallest absolute Gasteiger partial charge is 0.0434 e.